The van der Waals surface area contributed by atoms with Crippen molar-refractivity contribution in [3.8, 4) is 33.9 Å². The van der Waals surface area contributed by atoms with E-state index < -0.39 is 0 Å². The van der Waals surface area contributed by atoms with E-state index in [9.17, 15) is 0 Å². The van der Waals surface area contributed by atoms with E-state index in [1.54, 1.807) is 0 Å². The first-order valence-corrected chi connectivity index (χ1v) is 11.6. The number of hydrogen-bond acceptors (Lipinski definition) is 6. The van der Waals surface area contributed by atoms with E-state index >= 15 is 0 Å². The molecule has 0 radical (unpaired) electrons. The Morgan fingerprint density at radius 3 is 2.38 bits per heavy atom. The number of tetrazole rings is 1. The number of hydrogen-bond donors (Lipinski definition) is 1. The van der Waals surface area contributed by atoms with Crippen molar-refractivity contribution in [3.05, 3.63) is 84.4 Å². The molecule has 34 heavy (non-hydrogen) atoms. The molecule has 1 N–H and O–H groups in total. The number of unbranched alkanes of at least 4 members (excludes halogenated alkanes) is 2. The lowest BCUT2D eigenvalue weighted by Gasteiger charge is -2.08. The van der Waals surface area contributed by atoms with Crippen LogP contribution in [0.25, 0.3) is 33.9 Å². The van der Waals surface area contributed by atoms with Crippen LogP contribution < -0.4 is 0 Å². The van der Waals surface area contributed by atoms with Gasteiger partial charge in [0.2, 0.25) is 5.82 Å². The summed E-state index contributed by atoms with van der Waals surface area (Å²) in [5, 5.41) is 19.3. The highest BCUT2D eigenvalue weighted by Crippen LogP contribution is 2.29. The molecule has 0 unspecified atom stereocenters. The predicted molar refractivity (Wildman–Crippen MR) is 131 cm³/mol. The Balaban J connectivity index is 1.40. The Morgan fingerprint density at radius 2 is 1.65 bits per heavy atom. The van der Waals surface area contributed by atoms with Crippen LogP contribution in [-0.2, 0) is 13.0 Å². The molecule has 0 fully saturated rings. The largest absolute Gasteiger partial charge is 0.260 e. The average molecular weight is 451 g/mol. The second kappa shape index (κ2) is 10.2. The highest BCUT2D eigenvalue weighted by molar-refractivity contribution is 5.79. The zero-order chi connectivity index (χ0) is 23.2. The first kappa shape index (κ1) is 21.6. The van der Waals surface area contributed by atoms with Crippen LogP contribution in [0, 0.1) is 0 Å². The minimum atomic E-state index is 0.563. The molecule has 5 rings (SSSR count). The van der Waals surface area contributed by atoms with Gasteiger partial charge in [-0.3, -0.25) is 4.98 Å². The molecular weight excluding hydrogens is 424 g/mol. The Hall–Kier alpha value is -4.20. The maximum Gasteiger partial charge on any atom is 0.205 e. The van der Waals surface area contributed by atoms with Crippen LogP contribution in [0.4, 0.5) is 0 Å². The van der Waals surface area contributed by atoms with Crippen molar-refractivity contribution in [2.24, 2.45) is 0 Å². The summed E-state index contributed by atoms with van der Waals surface area (Å²) in [4.78, 5) is 9.61. The number of nitrogens with one attached hydrogen (secondary N) is 1. The fourth-order valence-corrected chi connectivity index (χ4v) is 3.96. The van der Waals surface area contributed by atoms with Crippen LogP contribution >= 0.6 is 0 Å². The van der Waals surface area contributed by atoms with Gasteiger partial charge in [-0.25, -0.2) is 9.67 Å². The van der Waals surface area contributed by atoms with Crippen LogP contribution in [0.15, 0.2) is 72.9 Å². The highest BCUT2D eigenvalue weighted by atomic mass is 15.5. The number of aromatic amines is 1. The van der Waals surface area contributed by atoms with Crippen molar-refractivity contribution < 1.29 is 0 Å². The molecule has 5 aromatic rings. The van der Waals surface area contributed by atoms with Crippen LogP contribution in [0.5, 0.6) is 0 Å². The summed E-state index contributed by atoms with van der Waals surface area (Å²) in [5.74, 6) is 2.26. The first-order chi connectivity index (χ1) is 16.8. The number of nitrogens with zero attached hydrogens (tertiary/aromatic N) is 7. The van der Waals surface area contributed by atoms with E-state index in [-0.39, 0.29) is 0 Å². The molecule has 0 bridgehead atoms. The zero-order valence-corrected chi connectivity index (χ0v) is 19.1. The topological polar surface area (TPSA) is 98.1 Å². The third-order valence-corrected chi connectivity index (χ3v) is 5.74. The molecule has 3 aromatic heterocycles. The van der Waals surface area contributed by atoms with Gasteiger partial charge in [0.25, 0.3) is 0 Å². The number of H-pyrrole nitrogens is 1. The molecule has 0 aliphatic carbocycles. The van der Waals surface area contributed by atoms with E-state index in [0.717, 1.165) is 52.6 Å². The molecule has 0 saturated heterocycles. The van der Waals surface area contributed by atoms with E-state index in [1.807, 2.05) is 65.5 Å². The molecule has 8 heteroatoms. The third-order valence-electron chi connectivity index (χ3n) is 5.74. The number of aromatic nitrogens is 8. The highest BCUT2D eigenvalue weighted by Gasteiger charge is 2.14. The summed E-state index contributed by atoms with van der Waals surface area (Å²) in [7, 11) is 0. The summed E-state index contributed by atoms with van der Waals surface area (Å²) >= 11 is 0. The standard InChI is InChI=1S/C26H26N8/c1-2-3-9-16-34-24(28-25(31-34)19-10-5-4-6-11-19)17-21-15-14-20(18-27-21)22-12-7-8-13-23(22)26-29-32-33-30-26/h4-8,10-15,18H,2-3,9,16-17H2,1H3,(H,29,30,32,33). The number of benzene rings is 2. The number of rotatable bonds is 9. The Morgan fingerprint density at radius 1 is 0.824 bits per heavy atom. The molecule has 8 nitrogen and oxygen atoms in total. The predicted octanol–water partition coefficient (Wildman–Crippen LogP) is 4.97. The van der Waals surface area contributed by atoms with Gasteiger partial charge in [-0.2, -0.15) is 10.3 Å². The summed E-state index contributed by atoms with van der Waals surface area (Å²) in [6.45, 7) is 3.07. The van der Waals surface area contributed by atoms with Crippen LogP contribution in [0.2, 0.25) is 0 Å². The Labute approximate surface area is 198 Å². The van der Waals surface area contributed by atoms with Crippen molar-refractivity contribution in [3.63, 3.8) is 0 Å². The third kappa shape index (κ3) is 4.76. The minimum absolute atomic E-state index is 0.563. The van der Waals surface area contributed by atoms with Crippen molar-refractivity contribution in [2.45, 2.75) is 39.2 Å². The second-order valence-corrected chi connectivity index (χ2v) is 8.14. The van der Waals surface area contributed by atoms with E-state index in [1.165, 1.54) is 12.8 Å². The summed E-state index contributed by atoms with van der Waals surface area (Å²) in [6, 6.07) is 22.2. The number of aryl methyl sites for hydroxylation is 1. The molecule has 0 atom stereocenters. The minimum Gasteiger partial charge on any atom is -0.260 e. The molecule has 0 amide bonds. The summed E-state index contributed by atoms with van der Waals surface area (Å²) in [5.41, 5.74) is 4.90. The lowest BCUT2D eigenvalue weighted by molar-refractivity contribution is 0.534. The second-order valence-electron chi connectivity index (χ2n) is 8.14. The fourth-order valence-electron chi connectivity index (χ4n) is 3.96. The molecule has 170 valence electrons. The Kier molecular flexibility index (Phi) is 6.47. The van der Waals surface area contributed by atoms with Crippen LogP contribution in [-0.4, -0.2) is 40.4 Å². The van der Waals surface area contributed by atoms with Gasteiger partial charge in [-0.15, -0.1) is 10.2 Å². The number of pyridine rings is 1. The van der Waals surface area contributed by atoms with Crippen molar-refractivity contribution >= 4 is 0 Å². The average Bonchev–Trinajstić information content (AvgIpc) is 3.56. The van der Waals surface area contributed by atoms with Crippen molar-refractivity contribution in [1.82, 2.24) is 40.4 Å². The molecule has 0 aliphatic rings. The quantitative estimate of drug-likeness (QED) is 0.319. The Bertz CT molecular complexity index is 1330. The van der Waals surface area contributed by atoms with Gasteiger partial charge in [0.05, 0.1) is 0 Å². The van der Waals surface area contributed by atoms with Gasteiger partial charge in [0, 0.05) is 41.5 Å². The smallest absolute Gasteiger partial charge is 0.205 e. The molecule has 0 spiro atoms. The molecule has 2 aromatic carbocycles. The van der Waals surface area contributed by atoms with E-state index in [2.05, 4.69) is 39.7 Å². The van der Waals surface area contributed by atoms with Gasteiger partial charge < -0.3 is 0 Å². The normalized spacial score (nSPS) is 11.1. The van der Waals surface area contributed by atoms with Gasteiger partial charge >= 0.3 is 0 Å². The fraction of sp³-hybridized carbons (Fsp3) is 0.231. The van der Waals surface area contributed by atoms with Gasteiger partial charge in [0.1, 0.15) is 5.82 Å². The van der Waals surface area contributed by atoms with Gasteiger partial charge in [-0.05, 0) is 23.3 Å². The van der Waals surface area contributed by atoms with E-state index in [4.69, 9.17) is 15.1 Å². The summed E-state index contributed by atoms with van der Waals surface area (Å²) in [6.07, 6.45) is 5.94. The molecular formula is C26H26N8. The van der Waals surface area contributed by atoms with E-state index in [0.29, 0.717) is 12.2 Å². The zero-order valence-electron chi connectivity index (χ0n) is 19.1. The lowest BCUT2D eigenvalue weighted by atomic mass is 10.0. The molecule has 0 saturated carbocycles. The summed E-state index contributed by atoms with van der Waals surface area (Å²) < 4.78 is 2.04. The van der Waals surface area contributed by atoms with Crippen LogP contribution in [0.3, 0.4) is 0 Å². The van der Waals surface area contributed by atoms with Gasteiger partial charge in [-0.1, -0.05) is 80.4 Å². The van der Waals surface area contributed by atoms with Crippen molar-refractivity contribution in [2.75, 3.05) is 0 Å². The SMILES string of the molecule is CCCCCn1nc(-c2ccccc2)nc1Cc1ccc(-c2ccccc2-c2nn[nH]n2)cn1. The lowest BCUT2D eigenvalue weighted by Crippen LogP contribution is -2.07. The first-order valence-electron chi connectivity index (χ1n) is 11.6. The molecule has 3 heterocycles. The van der Waals surface area contributed by atoms with Crippen molar-refractivity contribution in [1.29, 1.82) is 0 Å². The maximum atomic E-state index is 4.87. The monoisotopic (exact) mass is 450 g/mol. The van der Waals surface area contributed by atoms with Gasteiger partial charge in [0.15, 0.2) is 5.82 Å². The van der Waals surface area contributed by atoms with Crippen LogP contribution in [0.1, 0.15) is 37.7 Å². The maximum absolute atomic E-state index is 4.87. The molecule has 0 aliphatic heterocycles.